The molecule has 0 aromatic heterocycles. The lowest BCUT2D eigenvalue weighted by Crippen LogP contribution is -2.31. The number of carbonyl (C=O) groups excluding carboxylic acids is 2. The Hall–Kier alpha value is -3.32. The molecule has 1 atom stereocenters. The number of rotatable bonds is 11. The van der Waals surface area contributed by atoms with E-state index in [0.717, 1.165) is 12.0 Å². The molecule has 1 saturated heterocycles. The number of hydrogen-bond acceptors (Lipinski definition) is 6. The normalized spacial score (nSPS) is 17.4. The Labute approximate surface area is 200 Å². The Balaban J connectivity index is 2.05. The highest BCUT2D eigenvalue weighted by atomic mass is 16.5. The summed E-state index contributed by atoms with van der Waals surface area (Å²) in [6.07, 6.45) is 1.41. The molecule has 1 heterocycles. The Morgan fingerprint density at radius 2 is 1.79 bits per heavy atom. The van der Waals surface area contributed by atoms with E-state index in [1.807, 2.05) is 45.0 Å². The topological polar surface area (TPSA) is 85.3 Å². The number of likely N-dealkylation sites (tertiary alicyclic amines) is 1. The van der Waals surface area contributed by atoms with Gasteiger partial charge in [0.05, 0.1) is 24.3 Å². The van der Waals surface area contributed by atoms with Gasteiger partial charge in [0.15, 0.2) is 0 Å². The summed E-state index contributed by atoms with van der Waals surface area (Å²) >= 11 is 0. The first kappa shape index (κ1) is 25.3. The van der Waals surface area contributed by atoms with Crippen molar-refractivity contribution in [3.05, 3.63) is 65.2 Å². The molecule has 7 heteroatoms. The number of aliphatic hydroxyl groups is 1. The average Bonchev–Trinajstić information content (AvgIpc) is 3.07. The molecule has 2 aromatic carbocycles. The summed E-state index contributed by atoms with van der Waals surface area (Å²) in [4.78, 5) is 27.6. The fourth-order valence-corrected chi connectivity index (χ4v) is 3.95. The van der Waals surface area contributed by atoms with Crippen LogP contribution in [0.3, 0.4) is 0 Å². The predicted molar refractivity (Wildman–Crippen MR) is 130 cm³/mol. The van der Waals surface area contributed by atoms with Crippen molar-refractivity contribution in [1.82, 2.24) is 4.90 Å². The van der Waals surface area contributed by atoms with Gasteiger partial charge in [0.1, 0.15) is 17.3 Å². The Morgan fingerprint density at radius 3 is 2.44 bits per heavy atom. The lowest BCUT2D eigenvalue weighted by molar-refractivity contribution is -0.140. The SMILES string of the molecule is CCCOc1ccc(C2/C(=C(/O)c3cccc(OC(C)C)c3)C(=O)C(=O)N2CCCOC)cc1. The fraction of sp³-hybridized carbons (Fsp3) is 0.407. The summed E-state index contributed by atoms with van der Waals surface area (Å²) < 4.78 is 16.5. The molecule has 1 amide bonds. The monoisotopic (exact) mass is 467 g/mol. The zero-order chi connectivity index (χ0) is 24.7. The van der Waals surface area contributed by atoms with Crippen molar-refractivity contribution >= 4 is 17.4 Å². The second kappa shape index (κ2) is 11.7. The number of nitrogens with zero attached hydrogens (tertiary/aromatic N) is 1. The molecule has 0 bridgehead atoms. The highest BCUT2D eigenvalue weighted by Gasteiger charge is 2.45. The van der Waals surface area contributed by atoms with Crippen LogP contribution in [0.2, 0.25) is 0 Å². The van der Waals surface area contributed by atoms with E-state index in [4.69, 9.17) is 14.2 Å². The van der Waals surface area contributed by atoms with E-state index in [-0.39, 0.29) is 17.4 Å². The quantitative estimate of drug-likeness (QED) is 0.223. The molecule has 34 heavy (non-hydrogen) atoms. The highest BCUT2D eigenvalue weighted by molar-refractivity contribution is 6.46. The number of amides is 1. The van der Waals surface area contributed by atoms with Crippen molar-refractivity contribution < 1.29 is 28.9 Å². The maximum absolute atomic E-state index is 13.1. The number of benzene rings is 2. The van der Waals surface area contributed by atoms with Crippen LogP contribution in [0, 0.1) is 0 Å². The van der Waals surface area contributed by atoms with Crippen LogP contribution < -0.4 is 9.47 Å². The zero-order valence-corrected chi connectivity index (χ0v) is 20.2. The van der Waals surface area contributed by atoms with Crippen molar-refractivity contribution in [3.63, 3.8) is 0 Å². The molecule has 2 aromatic rings. The Bertz CT molecular complexity index is 1030. The van der Waals surface area contributed by atoms with E-state index in [2.05, 4.69) is 0 Å². The third-order valence-corrected chi connectivity index (χ3v) is 5.44. The minimum atomic E-state index is -0.716. The molecule has 182 valence electrons. The molecule has 1 N–H and O–H groups in total. The van der Waals surface area contributed by atoms with E-state index >= 15 is 0 Å². The van der Waals surface area contributed by atoms with Crippen LogP contribution in [-0.4, -0.2) is 54.7 Å². The van der Waals surface area contributed by atoms with Crippen LogP contribution in [0.1, 0.15) is 50.8 Å². The lowest BCUT2D eigenvalue weighted by atomic mass is 9.95. The molecule has 0 aliphatic carbocycles. The molecule has 1 fully saturated rings. The van der Waals surface area contributed by atoms with Crippen LogP contribution in [0.4, 0.5) is 0 Å². The number of methoxy groups -OCH3 is 1. The van der Waals surface area contributed by atoms with Gasteiger partial charge in [-0.25, -0.2) is 0 Å². The van der Waals surface area contributed by atoms with Gasteiger partial charge in [-0.15, -0.1) is 0 Å². The number of Topliss-reactive ketones (excluding diaryl/α,β-unsaturated/α-hetero) is 1. The number of aliphatic hydroxyl groups excluding tert-OH is 1. The van der Waals surface area contributed by atoms with Gasteiger partial charge in [0.25, 0.3) is 11.7 Å². The van der Waals surface area contributed by atoms with Crippen LogP contribution >= 0.6 is 0 Å². The van der Waals surface area contributed by atoms with Crippen LogP contribution in [0.25, 0.3) is 5.76 Å². The van der Waals surface area contributed by atoms with Crippen molar-refractivity contribution in [3.8, 4) is 11.5 Å². The lowest BCUT2D eigenvalue weighted by Gasteiger charge is -2.25. The maximum Gasteiger partial charge on any atom is 0.295 e. The summed E-state index contributed by atoms with van der Waals surface area (Å²) in [5.74, 6) is -0.286. The maximum atomic E-state index is 13.1. The first-order valence-corrected chi connectivity index (χ1v) is 11.6. The van der Waals surface area contributed by atoms with Crippen LogP contribution in [0.5, 0.6) is 11.5 Å². The number of hydrogen-bond donors (Lipinski definition) is 1. The van der Waals surface area contributed by atoms with Crippen molar-refractivity contribution in [2.75, 3.05) is 26.9 Å². The second-order valence-electron chi connectivity index (χ2n) is 8.45. The van der Waals surface area contributed by atoms with Crippen molar-refractivity contribution in [1.29, 1.82) is 0 Å². The van der Waals surface area contributed by atoms with E-state index in [9.17, 15) is 14.7 Å². The molecule has 0 saturated carbocycles. The van der Waals surface area contributed by atoms with Crippen LogP contribution in [-0.2, 0) is 14.3 Å². The van der Waals surface area contributed by atoms with Crippen LogP contribution in [0.15, 0.2) is 54.1 Å². The Morgan fingerprint density at radius 1 is 1.06 bits per heavy atom. The minimum Gasteiger partial charge on any atom is -0.507 e. The van der Waals surface area contributed by atoms with Gasteiger partial charge in [0.2, 0.25) is 0 Å². The summed E-state index contributed by atoms with van der Waals surface area (Å²) in [5, 5.41) is 11.2. The third kappa shape index (κ3) is 5.78. The predicted octanol–water partition coefficient (Wildman–Crippen LogP) is 4.72. The first-order chi connectivity index (χ1) is 16.4. The van der Waals surface area contributed by atoms with Gasteiger partial charge < -0.3 is 24.2 Å². The molecular formula is C27H33NO6. The van der Waals surface area contributed by atoms with E-state index < -0.39 is 17.7 Å². The summed E-state index contributed by atoms with van der Waals surface area (Å²) in [5.41, 5.74) is 1.20. The second-order valence-corrected chi connectivity index (χ2v) is 8.45. The zero-order valence-electron chi connectivity index (χ0n) is 20.2. The first-order valence-electron chi connectivity index (χ1n) is 11.6. The Kier molecular flexibility index (Phi) is 8.71. The smallest absolute Gasteiger partial charge is 0.295 e. The third-order valence-electron chi connectivity index (χ3n) is 5.44. The van der Waals surface area contributed by atoms with E-state index in [1.165, 1.54) is 4.90 Å². The van der Waals surface area contributed by atoms with Crippen molar-refractivity contribution in [2.24, 2.45) is 0 Å². The molecule has 1 aliphatic rings. The standard InChI is InChI=1S/C27H33NO6/c1-5-15-33-21-12-10-19(11-13-21)24-23(26(30)27(31)28(24)14-7-16-32-4)25(29)20-8-6-9-22(17-20)34-18(2)3/h6,8-13,17-18,24,29H,5,7,14-16H2,1-4H3/b25-23-. The minimum absolute atomic E-state index is 0.0443. The molecule has 3 rings (SSSR count). The molecule has 1 aliphatic heterocycles. The summed E-state index contributed by atoms with van der Waals surface area (Å²) in [6, 6.07) is 13.5. The molecule has 1 unspecified atom stereocenters. The average molecular weight is 468 g/mol. The van der Waals surface area contributed by atoms with Gasteiger partial charge in [-0.2, -0.15) is 0 Å². The van der Waals surface area contributed by atoms with Gasteiger partial charge in [0, 0.05) is 25.8 Å². The van der Waals surface area contributed by atoms with Gasteiger partial charge >= 0.3 is 0 Å². The fourth-order valence-electron chi connectivity index (χ4n) is 3.95. The van der Waals surface area contributed by atoms with Gasteiger partial charge in [-0.05, 0) is 56.5 Å². The van der Waals surface area contributed by atoms with Crippen molar-refractivity contribution in [2.45, 2.75) is 45.8 Å². The van der Waals surface area contributed by atoms with Gasteiger partial charge in [-0.1, -0.05) is 31.2 Å². The molecule has 7 nitrogen and oxygen atoms in total. The van der Waals surface area contributed by atoms with E-state index in [0.29, 0.717) is 43.2 Å². The summed E-state index contributed by atoms with van der Waals surface area (Å²) in [6.45, 7) is 7.23. The molecule has 0 radical (unpaired) electrons. The van der Waals surface area contributed by atoms with E-state index in [1.54, 1.807) is 31.4 Å². The van der Waals surface area contributed by atoms with Gasteiger partial charge in [-0.3, -0.25) is 9.59 Å². The number of ether oxygens (including phenoxy) is 3. The summed E-state index contributed by atoms with van der Waals surface area (Å²) in [7, 11) is 1.59. The highest BCUT2D eigenvalue weighted by Crippen LogP contribution is 2.40. The number of carbonyl (C=O) groups is 2. The number of ketones is 1. The molecular weight excluding hydrogens is 434 g/mol. The largest absolute Gasteiger partial charge is 0.507 e. The molecule has 0 spiro atoms.